The number of para-hydroxylation sites is 1. The first-order valence-electron chi connectivity index (χ1n) is 8.72. The van der Waals surface area contributed by atoms with E-state index < -0.39 is 5.82 Å². The molecule has 1 aromatic heterocycles. The van der Waals surface area contributed by atoms with E-state index in [2.05, 4.69) is 5.32 Å². The van der Waals surface area contributed by atoms with Crippen LogP contribution >= 0.6 is 0 Å². The van der Waals surface area contributed by atoms with Crippen LogP contribution in [0.4, 0.5) is 10.1 Å². The molecule has 1 heterocycles. The van der Waals surface area contributed by atoms with Crippen molar-refractivity contribution < 1.29 is 13.6 Å². The van der Waals surface area contributed by atoms with Gasteiger partial charge in [0.1, 0.15) is 5.58 Å². The van der Waals surface area contributed by atoms with E-state index in [0.29, 0.717) is 11.1 Å². The van der Waals surface area contributed by atoms with E-state index in [9.17, 15) is 14.0 Å². The second kappa shape index (κ2) is 7.12. The summed E-state index contributed by atoms with van der Waals surface area (Å²) in [6.45, 7) is 1.99. The molecule has 0 saturated carbocycles. The van der Waals surface area contributed by atoms with Gasteiger partial charge in [0.05, 0.1) is 10.8 Å². The van der Waals surface area contributed by atoms with Crippen LogP contribution in [0.1, 0.15) is 11.1 Å². The van der Waals surface area contributed by atoms with E-state index in [4.69, 9.17) is 4.42 Å². The molecule has 0 aliphatic carbocycles. The molecule has 4 aromatic rings. The van der Waals surface area contributed by atoms with Crippen LogP contribution in [0, 0.1) is 12.7 Å². The minimum atomic E-state index is -0.605. The molecule has 5 heteroatoms. The summed E-state index contributed by atoms with van der Waals surface area (Å²) in [5.41, 5.74) is 2.30. The van der Waals surface area contributed by atoms with Gasteiger partial charge in [-0.05, 0) is 42.8 Å². The number of carbonyl (C=O) groups excluding carboxylic acids is 1. The predicted molar refractivity (Wildman–Crippen MR) is 109 cm³/mol. The van der Waals surface area contributed by atoms with E-state index in [-0.39, 0.29) is 27.9 Å². The van der Waals surface area contributed by atoms with Crippen LogP contribution in [0.25, 0.3) is 28.0 Å². The second-order valence-electron chi connectivity index (χ2n) is 6.49. The maximum absolute atomic E-state index is 14.0. The Labute approximate surface area is 159 Å². The number of anilines is 1. The van der Waals surface area contributed by atoms with Crippen molar-refractivity contribution in [1.29, 1.82) is 0 Å². The van der Waals surface area contributed by atoms with E-state index >= 15 is 0 Å². The van der Waals surface area contributed by atoms with Crippen molar-refractivity contribution in [1.82, 2.24) is 0 Å². The molecule has 0 spiro atoms. The summed E-state index contributed by atoms with van der Waals surface area (Å²) in [6.07, 6.45) is 3.13. The van der Waals surface area contributed by atoms with Crippen molar-refractivity contribution in [3.63, 3.8) is 0 Å². The Morgan fingerprint density at radius 1 is 1.04 bits per heavy atom. The number of hydrogen-bond donors (Lipinski definition) is 1. The van der Waals surface area contributed by atoms with E-state index in [0.717, 1.165) is 11.1 Å². The summed E-state index contributed by atoms with van der Waals surface area (Å²) in [6, 6.07) is 16.7. The van der Waals surface area contributed by atoms with Crippen LogP contribution in [0.15, 0.2) is 76.0 Å². The van der Waals surface area contributed by atoms with Gasteiger partial charge in [0.25, 0.3) is 0 Å². The quantitative estimate of drug-likeness (QED) is 0.404. The zero-order valence-electron chi connectivity index (χ0n) is 15.0. The lowest BCUT2D eigenvalue weighted by Crippen LogP contribution is -2.08. The Morgan fingerprint density at radius 3 is 2.61 bits per heavy atom. The van der Waals surface area contributed by atoms with Gasteiger partial charge >= 0.3 is 0 Å². The highest BCUT2D eigenvalue weighted by Gasteiger charge is 2.11. The summed E-state index contributed by atoms with van der Waals surface area (Å²) < 4.78 is 19.6. The van der Waals surface area contributed by atoms with Crippen molar-refractivity contribution in [2.45, 2.75) is 6.92 Å². The average molecular weight is 373 g/mol. The molecule has 0 atom stereocenters. The molecule has 0 aliphatic heterocycles. The molecule has 0 saturated heterocycles. The molecule has 0 radical (unpaired) electrons. The largest absolute Gasteiger partial charge is 0.453 e. The molecule has 1 N–H and O–H groups in total. The molecule has 4 nitrogen and oxygen atoms in total. The highest BCUT2D eigenvalue weighted by molar-refractivity contribution is 6.03. The maximum Gasteiger partial charge on any atom is 0.248 e. The Hall–Kier alpha value is -3.73. The van der Waals surface area contributed by atoms with Crippen LogP contribution in [-0.4, -0.2) is 5.91 Å². The Kier molecular flexibility index (Phi) is 4.49. The normalized spacial score (nSPS) is 11.4. The average Bonchev–Trinajstić information content (AvgIpc) is 2.68. The first-order chi connectivity index (χ1) is 13.5. The first-order valence-corrected chi connectivity index (χ1v) is 8.72. The van der Waals surface area contributed by atoms with Gasteiger partial charge in [-0.25, -0.2) is 4.39 Å². The number of hydrogen-bond acceptors (Lipinski definition) is 3. The number of carbonyl (C=O) groups is 1. The summed E-state index contributed by atoms with van der Waals surface area (Å²) in [7, 11) is 0. The summed E-state index contributed by atoms with van der Waals surface area (Å²) in [4.78, 5) is 24.7. The fourth-order valence-electron chi connectivity index (χ4n) is 2.95. The number of nitrogens with one attached hydrogen (secondary N) is 1. The van der Waals surface area contributed by atoms with Crippen molar-refractivity contribution in [3.05, 3.63) is 93.9 Å². The Morgan fingerprint density at radius 2 is 1.82 bits per heavy atom. The summed E-state index contributed by atoms with van der Waals surface area (Å²) >= 11 is 0. The monoisotopic (exact) mass is 373 g/mol. The van der Waals surface area contributed by atoms with E-state index in [1.165, 1.54) is 30.3 Å². The maximum atomic E-state index is 14.0. The third-order valence-corrected chi connectivity index (χ3v) is 4.42. The van der Waals surface area contributed by atoms with E-state index in [1.807, 2.05) is 31.2 Å². The highest BCUT2D eigenvalue weighted by atomic mass is 19.1. The highest BCUT2D eigenvalue weighted by Crippen LogP contribution is 2.23. The second-order valence-corrected chi connectivity index (χ2v) is 6.49. The first kappa shape index (κ1) is 17.7. The molecule has 0 aliphatic rings. The lowest BCUT2D eigenvalue weighted by Gasteiger charge is -2.06. The third-order valence-electron chi connectivity index (χ3n) is 4.42. The van der Waals surface area contributed by atoms with Crippen LogP contribution in [-0.2, 0) is 4.79 Å². The molecule has 0 bridgehead atoms. The topological polar surface area (TPSA) is 59.3 Å². The van der Waals surface area contributed by atoms with Gasteiger partial charge in [-0.2, -0.15) is 0 Å². The molecule has 138 valence electrons. The predicted octanol–water partition coefficient (Wildman–Crippen LogP) is 5.05. The SMILES string of the molecule is Cc1ccc(/C=C/C(=O)Nc2ccc3c(=O)c4cccc(F)c4oc3c2)cc1. The van der Waals surface area contributed by atoms with Crippen molar-refractivity contribution in [3.8, 4) is 0 Å². The lowest BCUT2D eigenvalue weighted by atomic mass is 10.1. The molecule has 0 fully saturated rings. The van der Waals surface area contributed by atoms with Gasteiger partial charge in [-0.3, -0.25) is 9.59 Å². The van der Waals surface area contributed by atoms with Crippen LogP contribution in [0.3, 0.4) is 0 Å². The van der Waals surface area contributed by atoms with Crippen LogP contribution < -0.4 is 10.7 Å². The molecule has 1 amide bonds. The van der Waals surface area contributed by atoms with Crippen molar-refractivity contribution >= 4 is 39.6 Å². The third kappa shape index (κ3) is 3.42. The number of amides is 1. The van der Waals surface area contributed by atoms with Crippen molar-refractivity contribution in [2.24, 2.45) is 0 Å². The van der Waals surface area contributed by atoms with Gasteiger partial charge in [-0.1, -0.05) is 35.9 Å². The van der Waals surface area contributed by atoms with E-state index in [1.54, 1.807) is 18.2 Å². The number of fused-ring (bicyclic) bond motifs is 2. The Balaban J connectivity index is 1.63. The molecule has 4 rings (SSSR count). The number of aryl methyl sites for hydroxylation is 1. The summed E-state index contributed by atoms with van der Waals surface area (Å²) in [5, 5.41) is 3.23. The van der Waals surface area contributed by atoms with Gasteiger partial charge in [0.2, 0.25) is 11.3 Å². The number of benzene rings is 3. The van der Waals surface area contributed by atoms with Gasteiger partial charge in [0, 0.05) is 17.8 Å². The zero-order valence-corrected chi connectivity index (χ0v) is 15.0. The molecule has 0 unspecified atom stereocenters. The fourth-order valence-corrected chi connectivity index (χ4v) is 2.95. The smallest absolute Gasteiger partial charge is 0.248 e. The standard InChI is InChI=1S/C23H16FNO3/c1-14-5-7-15(8-6-14)9-12-21(26)25-16-10-11-17-20(13-16)28-23-18(22(17)27)3-2-4-19(23)24/h2-13H,1H3,(H,25,26)/b12-9+. The minimum absolute atomic E-state index is 0.0947. The molecule has 3 aromatic carbocycles. The minimum Gasteiger partial charge on any atom is -0.453 e. The lowest BCUT2D eigenvalue weighted by molar-refractivity contribution is -0.111. The van der Waals surface area contributed by atoms with Gasteiger partial charge in [0.15, 0.2) is 11.4 Å². The fraction of sp³-hybridized carbons (Fsp3) is 0.0435. The van der Waals surface area contributed by atoms with Crippen LogP contribution in [0.2, 0.25) is 0 Å². The summed E-state index contributed by atoms with van der Waals surface area (Å²) in [5.74, 6) is -0.929. The van der Waals surface area contributed by atoms with Crippen LogP contribution in [0.5, 0.6) is 0 Å². The number of halogens is 1. The number of rotatable bonds is 3. The Bertz CT molecular complexity index is 1290. The molecular weight excluding hydrogens is 357 g/mol. The zero-order chi connectivity index (χ0) is 19.7. The van der Waals surface area contributed by atoms with Gasteiger partial charge < -0.3 is 9.73 Å². The van der Waals surface area contributed by atoms with Crippen molar-refractivity contribution in [2.75, 3.05) is 5.32 Å². The molecule has 28 heavy (non-hydrogen) atoms. The van der Waals surface area contributed by atoms with Gasteiger partial charge in [-0.15, -0.1) is 0 Å². The molecular formula is C23H16FNO3.